The van der Waals surface area contributed by atoms with Crippen LogP contribution in [0.4, 0.5) is 11.6 Å². The van der Waals surface area contributed by atoms with Gasteiger partial charge >= 0.3 is 0 Å². The van der Waals surface area contributed by atoms with E-state index in [9.17, 15) is 4.79 Å². The lowest BCUT2D eigenvalue weighted by molar-refractivity contribution is 0.0962. The summed E-state index contributed by atoms with van der Waals surface area (Å²) < 4.78 is 5.86. The Morgan fingerprint density at radius 1 is 1.24 bits per heavy atom. The lowest BCUT2D eigenvalue weighted by Gasteiger charge is -2.30. The molecule has 2 fully saturated rings. The number of Topliss-reactive ketones (excluding diaryl/α,β-unsaturated/α-hetero) is 1. The van der Waals surface area contributed by atoms with Crippen LogP contribution in [0.5, 0.6) is 5.75 Å². The molecule has 0 radical (unpaired) electrons. The van der Waals surface area contributed by atoms with Gasteiger partial charge in [-0.2, -0.15) is 5.26 Å². The number of ether oxygens (including phenoxy) is 1. The van der Waals surface area contributed by atoms with E-state index in [1.807, 2.05) is 30.5 Å². The third kappa shape index (κ3) is 3.63. The van der Waals surface area contributed by atoms with Crippen molar-refractivity contribution in [3.05, 3.63) is 41.7 Å². The summed E-state index contributed by atoms with van der Waals surface area (Å²) in [5.74, 6) is 2.32. The highest BCUT2D eigenvalue weighted by atomic mass is 16.5. The summed E-state index contributed by atoms with van der Waals surface area (Å²) >= 11 is 0. The van der Waals surface area contributed by atoms with E-state index in [2.05, 4.69) is 16.1 Å². The summed E-state index contributed by atoms with van der Waals surface area (Å²) in [7, 11) is 0. The van der Waals surface area contributed by atoms with Crippen molar-refractivity contribution in [3.63, 3.8) is 0 Å². The molecule has 1 aliphatic carbocycles. The van der Waals surface area contributed by atoms with Crippen LogP contribution in [0.3, 0.4) is 0 Å². The number of benzene rings is 1. The number of carbonyl (C=O) groups is 1. The average Bonchev–Trinajstić information content (AvgIpc) is 3.52. The lowest BCUT2D eigenvalue weighted by Crippen LogP contribution is -2.30. The molecule has 0 amide bonds. The molecule has 2 aliphatic heterocycles. The van der Waals surface area contributed by atoms with Crippen LogP contribution in [-0.4, -0.2) is 46.9 Å². The molecule has 7 heteroatoms. The maximum atomic E-state index is 12.8. The van der Waals surface area contributed by atoms with Gasteiger partial charge in [0.2, 0.25) is 5.95 Å². The fourth-order valence-corrected chi connectivity index (χ4v) is 4.17. The van der Waals surface area contributed by atoms with Gasteiger partial charge in [-0.05, 0) is 49.4 Å². The molecule has 1 saturated heterocycles. The summed E-state index contributed by atoms with van der Waals surface area (Å²) in [6.07, 6.45) is 7.76. The Bertz CT molecular complexity index is 981. The first-order valence-corrected chi connectivity index (χ1v) is 10.3. The van der Waals surface area contributed by atoms with Crippen molar-refractivity contribution in [2.24, 2.45) is 5.92 Å². The minimum atomic E-state index is 0.102. The maximum Gasteiger partial charge on any atom is 0.230 e. The zero-order chi connectivity index (χ0) is 19.8. The quantitative estimate of drug-likeness (QED) is 0.573. The Hall–Kier alpha value is -3.14. The maximum absolute atomic E-state index is 12.8. The molecule has 1 aromatic heterocycles. The van der Waals surface area contributed by atoms with E-state index < -0.39 is 0 Å². The Kier molecular flexibility index (Phi) is 4.55. The molecule has 1 aromatic carbocycles. The fraction of sp³-hybridized carbons (Fsp3) is 0.455. The first kappa shape index (κ1) is 17.9. The summed E-state index contributed by atoms with van der Waals surface area (Å²) in [6, 6.07) is 7.64. The van der Waals surface area contributed by atoms with Crippen molar-refractivity contribution < 1.29 is 9.53 Å². The van der Waals surface area contributed by atoms with Gasteiger partial charge < -0.3 is 14.5 Å². The predicted octanol–water partition coefficient (Wildman–Crippen LogP) is 3.26. The predicted molar refractivity (Wildman–Crippen MR) is 107 cm³/mol. The number of anilines is 2. The number of nitriles is 1. The number of hydrogen-bond acceptors (Lipinski definition) is 7. The van der Waals surface area contributed by atoms with Gasteiger partial charge in [0.25, 0.3) is 0 Å². The van der Waals surface area contributed by atoms with Crippen molar-refractivity contribution >= 4 is 17.4 Å². The van der Waals surface area contributed by atoms with Crippen molar-refractivity contribution in [3.8, 4) is 11.9 Å². The van der Waals surface area contributed by atoms with Gasteiger partial charge in [-0.25, -0.2) is 9.97 Å². The lowest BCUT2D eigenvalue weighted by atomic mass is 9.97. The van der Waals surface area contributed by atoms with E-state index >= 15 is 0 Å². The number of rotatable bonds is 5. The Balaban J connectivity index is 1.35. The van der Waals surface area contributed by atoms with Crippen LogP contribution in [0.25, 0.3) is 0 Å². The summed E-state index contributed by atoms with van der Waals surface area (Å²) in [6.45, 7) is 2.63. The van der Waals surface area contributed by atoms with E-state index in [-0.39, 0.29) is 11.7 Å². The molecular formula is C22H23N5O2. The van der Waals surface area contributed by atoms with E-state index in [1.54, 1.807) is 4.90 Å². The van der Waals surface area contributed by atoms with Gasteiger partial charge in [0, 0.05) is 42.9 Å². The highest BCUT2D eigenvalue weighted by Crippen LogP contribution is 2.41. The molecule has 5 rings (SSSR count). The molecule has 0 unspecified atom stereocenters. The minimum Gasteiger partial charge on any atom is -0.490 e. The van der Waals surface area contributed by atoms with E-state index in [0.29, 0.717) is 49.3 Å². The average molecular weight is 389 g/mol. The van der Waals surface area contributed by atoms with Crippen LogP contribution >= 0.6 is 0 Å². The van der Waals surface area contributed by atoms with Gasteiger partial charge in [0.1, 0.15) is 12.4 Å². The third-order valence-electron chi connectivity index (χ3n) is 5.95. The number of aromatic nitrogens is 2. The van der Waals surface area contributed by atoms with Gasteiger partial charge in [-0.1, -0.05) is 0 Å². The Morgan fingerprint density at radius 3 is 2.93 bits per heavy atom. The van der Waals surface area contributed by atoms with Crippen LogP contribution in [-0.2, 0) is 0 Å². The van der Waals surface area contributed by atoms with Crippen LogP contribution < -0.4 is 9.64 Å². The molecule has 3 heterocycles. The smallest absolute Gasteiger partial charge is 0.230 e. The topological polar surface area (TPSA) is 82.4 Å². The monoisotopic (exact) mass is 389 g/mol. The first-order valence-electron chi connectivity index (χ1n) is 10.3. The summed E-state index contributed by atoms with van der Waals surface area (Å²) in [5, 5.41) is 9.00. The molecule has 3 aliphatic rings. The van der Waals surface area contributed by atoms with Crippen molar-refractivity contribution in [2.45, 2.75) is 31.6 Å². The molecule has 29 heavy (non-hydrogen) atoms. The van der Waals surface area contributed by atoms with Gasteiger partial charge in [0.05, 0.1) is 12.2 Å². The van der Waals surface area contributed by atoms with E-state index in [0.717, 1.165) is 24.3 Å². The number of hydrogen-bond donors (Lipinski definition) is 0. The molecule has 2 aromatic rings. The van der Waals surface area contributed by atoms with E-state index in [4.69, 9.17) is 15.0 Å². The number of likely N-dealkylation sites (tertiary alicyclic amines) is 1. The second-order valence-corrected chi connectivity index (χ2v) is 8.07. The second-order valence-electron chi connectivity index (χ2n) is 8.07. The first-order chi connectivity index (χ1) is 14.2. The van der Waals surface area contributed by atoms with Crippen LogP contribution in [0, 0.1) is 17.4 Å². The number of carbonyl (C=O) groups excluding carboxylic acids is 1. The van der Waals surface area contributed by atoms with Crippen LogP contribution in [0.15, 0.2) is 30.5 Å². The summed E-state index contributed by atoms with van der Waals surface area (Å²) in [4.78, 5) is 25.8. The second kappa shape index (κ2) is 7.36. The van der Waals surface area contributed by atoms with Gasteiger partial charge in [-0.3, -0.25) is 4.79 Å². The fourth-order valence-electron chi connectivity index (χ4n) is 4.17. The third-order valence-corrected chi connectivity index (χ3v) is 5.95. The van der Waals surface area contributed by atoms with Crippen LogP contribution in [0.2, 0.25) is 0 Å². The zero-order valence-corrected chi connectivity index (χ0v) is 16.3. The largest absolute Gasteiger partial charge is 0.490 e. The van der Waals surface area contributed by atoms with Gasteiger partial charge in [-0.15, -0.1) is 0 Å². The SMILES string of the molecule is N#CN1CC[C@@H](CC(=O)c2ccc3c(c2)OCCN3c2nccc(C3CC3)n2)C1. The standard InChI is InChI=1S/C22H23N5O2/c23-14-26-8-6-15(13-26)11-20(28)17-3-4-19-21(12-17)29-10-9-27(19)22-24-7-5-18(25-22)16-1-2-16/h3-5,7,12,15-16H,1-2,6,8-11,13H2/t15-/m0/s1. The Labute approximate surface area is 169 Å². The highest BCUT2D eigenvalue weighted by molar-refractivity contribution is 5.97. The highest BCUT2D eigenvalue weighted by Gasteiger charge is 2.28. The van der Waals surface area contributed by atoms with E-state index in [1.165, 1.54) is 12.8 Å². The number of fused-ring (bicyclic) bond motifs is 1. The van der Waals surface area contributed by atoms with Crippen molar-refractivity contribution in [2.75, 3.05) is 31.1 Å². The molecule has 148 valence electrons. The molecule has 0 bridgehead atoms. The van der Waals surface area contributed by atoms with Crippen molar-refractivity contribution in [1.82, 2.24) is 14.9 Å². The molecule has 1 atom stereocenters. The summed E-state index contributed by atoms with van der Waals surface area (Å²) in [5.41, 5.74) is 2.67. The Morgan fingerprint density at radius 2 is 2.14 bits per heavy atom. The number of ketones is 1. The molecule has 7 nitrogen and oxygen atoms in total. The normalized spacial score (nSPS) is 20.7. The van der Waals surface area contributed by atoms with Crippen LogP contribution in [0.1, 0.15) is 47.7 Å². The molecule has 1 saturated carbocycles. The minimum absolute atomic E-state index is 0.102. The number of nitrogens with zero attached hydrogens (tertiary/aromatic N) is 5. The molecule has 0 N–H and O–H groups in total. The van der Waals surface area contributed by atoms with Gasteiger partial charge in [0.15, 0.2) is 12.0 Å². The zero-order valence-electron chi connectivity index (χ0n) is 16.3. The molecular weight excluding hydrogens is 366 g/mol. The van der Waals surface area contributed by atoms with Crippen molar-refractivity contribution in [1.29, 1.82) is 5.26 Å². The molecule has 0 spiro atoms.